The number of hydrogen-bond donors (Lipinski definition) is 1. The quantitative estimate of drug-likeness (QED) is 0.351. The van der Waals surface area contributed by atoms with E-state index in [-0.39, 0.29) is 23.7 Å². The van der Waals surface area contributed by atoms with E-state index in [9.17, 15) is 14.0 Å². The van der Waals surface area contributed by atoms with E-state index in [1.54, 1.807) is 23.1 Å². The first-order valence-electron chi connectivity index (χ1n) is 15.0. The maximum absolute atomic E-state index is 14.6. The first kappa shape index (κ1) is 32.5. The van der Waals surface area contributed by atoms with Crippen LogP contribution >= 0.6 is 23.2 Å². The summed E-state index contributed by atoms with van der Waals surface area (Å²) in [5.74, 6) is 0.140. The van der Waals surface area contributed by atoms with Crippen LogP contribution in [0.4, 0.5) is 10.1 Å². The second-order valence-corrected chi connectivity index (χ2v) is 12.9. The average molecular weight is 621 g/mol. The van der Waals surface area contributed by atoms with Crippen molar-refractivity contribution in [1.82, 2.24) is 20.0 Å². The molecule has 2 saturated heterocycles. The maximum atomic E-state index is 14.6. The number of rotatable bonds is 12. The van der Waals surface area contributed by atoms with Crippen LogP contribution in [0, 0.1) is 11.7 Å². The van der Waals surface area contributed by atoms with Gasteiger partial charge in [0.15, 0.2) is 0 Å². The molecule has 4 rings (SSSR count). The molecule has 2 heterocycles. The molecule has 0 aliphatic carbocycles. The fourth-order valence-electron chi connectivity index (χ4n) is 5.95. The van der Waals surface area contributed by atoms with Crippen LogP contribution in [0.1, 0.15) is 50.3 Å². The molecule has 7 nitrogen and oxygen atoms in total. The molecule has 2 aromatic carbocycles. The van der Waals surface area contributed by atoms with Gasteiger partial charge in [0.05, 0.1) is 0 Å². The highest BCUT2D eigenvalue weighted by Gasteiger charge is 2.37. The van der Waals surface area contributed by atoms with Gasteiger partial charge in [-0.3, -0.25) is 9.59 Å². The monoisotopic (exact) mass is 619 g/mol. The lowest BCUT2D eigenvalue weighted by atomic mass is 9.94. The number of hydrogen-bond acceptors (Lipinski definition) is 5. The van der Waals surface area contributed by atoms with E-state index < -0.39 is 6.04 Å². The van der Waals surface area contributed by atoms with Gasteiger partial charge in [0.25, 0.3) is 0 Å². The SMILES string of the molecule is CC(C)CC(NCCN(C)C)c1cc(F)ccc1N1CCN(C(=O)C(Cc2ccc(Cl)cc2Cl)N2CCCC2=O)CC1. The van der Waals surface area contributed by atoms with Gasteiger partial charge in [-0.1, -0.05) is 43.1 Å². The van der Waals surface area contributed by atoms with Crippen molar-refractivity contribution in [2.45, 2.75) is 51.6 Å². The van der Waals surface area contributed by atoms with Gasteiger partial charge in [-0.05, 0) is 74.3 Å². The van der Waals surface area contributed by atoms with Crippen LogP contribution in [0.15, 0.2) is 36.4 Å². The van der Waals surface area contributed by atoms with Crippen LogP contribution in [0.5, 0.6) is 0 Å². The molecule has 2 aliphatic rings. The van der Waals surface area contributed by atoms with Crippen molar-refractivity contribution in [2.24, 2.45) is 5.92 Å². The van der Waals surface area contributed by atoms with Gasteiger partial charge < -0.3 is 24.9 Å². The predicted molar refractivity (Wildman–Crippen MR) is 169 cm³/mol. The summed E-state index contributed by atoms with van der Waals surface area (Å²) in [6, 6.07) is 9.73. The topological polar surface area (TPSA) is 59.1 Å². The Morgan fingerprint density at radius 3 is 2.40 bits per heavy atom. The molecule has 2 aromatic rings. The number of anilines is 1. The molecule has 10 heteroatoms. The molecular weight excluding hydrogens is 576 g/mol. The largest absolute Gasteiger partial charge is 0.368 e. The molecule has 2 fully saturated rings. The highest BCUT2D eigenvalue weighted by Crippen LogP contribution is 2.32. The zero-order valence-corrected chi connectivity index (χ0v) is 26.7. The molecule has 0 spiro atoms. The summed E-state index contributed by atoms with van der Waals surface area (Å²) in [6.07, 6.45) is 2.44. The van der Waals surface area contributed by atoms with E-state index in [4.69, 9.17) is 23.2 Å². The van der Waals surface area contributed by atoms with Crippen molar-refractivity contribution in [1.29, 1.82) is 0 Å². The first-order valence-corrected chi connectivity index (χ1v) is 15.7. The number of nitrogens with one attached hydrogen (secondary N) is 1. The Hall–Kier alpha value is -2.39. The van der Waals surface area contributed by atoms with Crippen LogP contribution < -0.4 is 10.2 Å². The number of halogens is 3. The molecule has 2 unspecified atom stereocenters. The summed E-state index contributed by atoms with van der Waals surface area (Å²) >= 11 is 12.6. The number of likely N-dealkylation sites (N-methyl/N-ethyl adjacent to an activating group) is 1. The Labute approximate surface area is 259 Å². The van der Waals surface area contributed by atoms with Gasteiger partial charge in [-0.15, -0.1) is 0 Å². The molecule has 1 N–H and O–H groups in total. The molecule has 42 heavy (non-hydrogen) atoms. The number of nitrogens with zero attached hydrogens (tertiary/aromatic N) is 4. The Kier molecular flexibility index (Phi) is 11.5. The van der Waals surface area contributed by atoms with E-state index >= 15 is 0 Å². The van der Waals surface area contributed by atoms with Crippen molar-refractivity contribution in [2.75, 3.05) is 64.8 Å². The summed E-state index contributed by atoms with van der Waals surface area (Å²) in [5.41, 5.74) is 2.76. The minimum absolute atomic E-state index is 0.00554. The summed E-state index contributed by atoms with van der Waals surface area (Å²) in [5, 5.41) is 4.69. The number of piperazine rings is 1. The van der Waals surface area contributed by atoms with Gasteiger partial charge >= 0.3 is 0 Å². The van der Waals surface area contributed by atoms with E-state index in [1.807, 2.05) is 31.1 Å². The molecule has 2 atom stereocenters. The highest BCUT2D eigenvalue weighted by molar-refractivity contribution is 6.35. The van der Waals surface area contributed by atoms with Crippen LogP contribution in [0.2, 0.25) is 10.0 Å². The molecule has 0 radical (unpaired) electrons. The Morgan fingerprint density at radius 2 is 1.79 bits per heavy atom. The summed E-state index contributed by atoms with van der Waals surface area (Å²) in [4.78, 5) is 34.7. The Morgan fingerprint density at radius 1 is 1.05 bits per heavy atom. The molecule has 2 aliphatic heterocycles. The van der Waals surface area contributed by atoms with Crippen molar-refractivity contribution in [3.05, 3.63) is 63.4 Å². The zero-order chi connectivity index (χ0) is 30.4. The van der Waals surface area contributed by atoms with Gasteiger partial charge in [-0.25, -0.2) is 4.39 Å². The summed E-state index contributed by atoms with van der Waals surface area (Å²) in [7, 11) is 4.09. The minimum atomic E-state index is -0.608. The third-order valence-corrected chi connectivity index (χ3v) is 8.74. The van der Waals surface area contributed by atoms with E-state index in [0.29, 0.717) is 61.5 Å². The highest BCUT2D eigenvalue weighted by atomic mass is 35.5. The molecule has 2 amide bonds. The fraction of sp³-hybridized carbons (Fsp3) is 0.562. The number of benzene rings is 2. The normalized spacial score (nSPS) is 17.5. The van der Waals surface area contributed by atoms with Crippen molar-refractivity contribution < 1.29 is 14.0 Å². The first-order chi connectivity index (χ1) is 20.0. The third-order valence-electron chi connectivity index (χ3n) is 8.15. The lowest BCUT2D eigenvalue weighted by molar-refractivity contribution is -0.143. The van der Waals surface area contributed by atoms with E-state index in [1.165, 1.54) is 6.07 Å². The van der Waals surface area contributed by atoms with E-state index in [2.05, 4.69) is 29.0 Å². The van der Waals surface area contributed by atoms with Crippen LogP contribution in [-0.2, 0) is 16.0 Å². The second-order valence-electron chi connectivity index (χ2n) is 12.1. The van der Waals surface area contributed by atoms with Crippen molar-refractivity contribution in [3.8, 4) is 0 Å². The lowest BCUT2D eigenvalue weighted by Gasteiger charge is -2.40. The molecule has 0 bridgehead atoms. The Balaban J connectivity index is 1.50. The molecular formula is C32H44Cl2FN5O2. The van der Waals surface area contributed by atoms with Gasteiger partial charge in [0, 0.05) is 80.4 Å². The smallest absolute Gasteiger partial charge is 0.245 e. The van der Waals surface area contributed by atoms with Crippen molar-refractivity contribution in [3.63, 3.8) is 0 Å². The van der Waals surface area contributed by atoms with Gasteiger partial charge in [0.2, 0.25) is 11.8 Å². The predicted octanol–water partition coefficient (Wildman–Crippen LogP) is 5.25. The number of amides is 2. The number of carbonyl (C=O) groups is 2. The standard InChI is InChI=1S/C32H44Cl2FN5O2/c1-22(2)18-28(36-11-13-37(3)4)26-21-25(35)9-10-29(26)38-14-16-39(17-15-38)32(42)30(40-12-5-6-31(40)41)19-23-7-8-24(33)20-27(23)34/h7-10,20-22,28,30,36H,5-6,11-19H2,1-4H3. The third kappa shape index (κ3) is 8.37. The average Bonchev–Trinajstić information content (AvgIpc) is 3.37. The maximum Gasteiger partial charge on any atom is 0.245 e. The van der Waals surface area contributed by atoms with Gasteiger partial charge in [0.1, 0.15) is 11.9 Å². The van der Waals surface area contributed by atoms with Crippen molar-refractivity contribution >= 4 is 40.7 Å². The summed E-state index contributed by atoms with van der Waals surface area (Å²) in [6.45, 7) is 8.91. The van der Waals surface area contributed by atoms with Crippen LogP contribution in [0.25, 0.3) is 0 Å². The van der Waals surface area contributed by atoms with Gasteiger partial charge in [-0.2, -0.15) is 0 Å². The molecule has 0 aromatic heterocycles. The number of carbonyl (C=O) groups excluding carboxylic acids is 2. The lowest BCUT2D eigenvalue weighted by Crippen LogP contribution is -2.56. The zero-order valence-electron chi connectivity index (χ0n) is 25.2. The molecule has 0 saturated carbocycles. The van der Waals surface area contributed by atoms with E-state index in [0.717, 1.165) is 42.7 Å². The minimum Gasteiger partial charge on any atom is -0.368 e. The molecule has 230 valence electrons. The summed E-state index contributed by atoms with van der Waals surface area (Å²) < 4.78 is 14.6. The fourth-order valence-corrected chi connectivity index (χ4v) is 6.44. The van der Waals surface area contributed by atoms with Crippen LogP contribution in [-0.4, -0.2) is 92.5 Å². The number of likely N-dealkylation sites (tertiary alicyclic amines) is 1. The van der Waals surface area contributed by atoms with Crippen LogP contribution in [0.3, 0.4) is 0 Å². The Bertz CT molecular complexity index is 1240. The second kappa shape index (κ2) is 14.9.